The van der Waals surface area contributed by atoms with Crippen LogP contribution < -0.4 is 10.5 Å². The molecule has 1 heterocycles. The van der Waals surface area contributed by atoms with Gasteiger partial charge in [0.1, 0.15) is 5.75 Å². The van der Waals surface area contributed by atoms with Crippen LogP contribution in [0.4, 0.5) is 0 Å². The number of aryl methyl sites for hydroxylation is 1. The van der Waals surface area contributed by atoms with Gasteiger partial charge in [0.15, 0.2) is 0 Å². The first-order chi connectivity index (χ1) is 6.68. The molecule has 0 saturated heterocycles. The minimum Gasteiger partial charge on any atom is -0.492 e. The molecular formula is C11H14BrNO. The van der Waals surface area contributed by atoms with E-state index >= 15 is 0 Å². The molecule has 3 heteroatoms. The SMILES string of the molecule is Cc1cc(Br)c2c(c1)[C@H](N)CCCO2. The Balaban J connectivity index is 2.53. The van der Waals surface area contributed by atoms with Gasteiger partial charge in [0, 0.05) is 11.6 Å². The number of hydrogen-bond acceptors (Lipinski definition) is 2. The Bertz CT molecular complexity index is 351. The third-order valence-corrected chi connectivity index (χ3v) is 3.11. The van der Waals surface area contributed by atoms with E-state index in [1.165, 1.54) is 5.56 Å². The predicted octanol–water partition coefficient (Wildman–Crippen LogP) is 2.93. The van der Waals surface area contributed by atoms with Gasteiger partial charge in [-0.1, -0.05) is 6.07 Å². The molecule has 0 saturated carbocycles. The summed E-state index contributed by atoms with van der Waals surface area (Å²) in [5.74, 6) is 0.931. The van der Waals surface area contributed by atoms with E-state index in [1.54, 1.807) is 0 Å². The number of fused-ring (bicyclic) bond motifs is 1. The zero-order valence-electron chi connectivity index (χ0n) is 8.22. The second kappa shape index (κ2) is 3.91. The van der Waals surface area contributed by atoms with Gasteiger partial charge in [0.2, 0.25) is 0 Å². The van der Waals surface area contributed by atoms with Gasteiger partial charge in [-0.05, 0) is 47.3 Å². The summed E-state index contributed by atoms with van der Waals surface area (Å²) in [5, 5.41) is 0. The largest absolute Gasteiger partial charge is 0.492 e. The fourth-order valence-corrected chi connectivity index (χ4v) is 2.52. The first-order valence-electron chi connectivity index (χ1n) is 4.87. The lowest BCUT2D eigenvalue weighted by molar-refractivity contribution is 0.314. The van der Waals surface area contributed by atoms with Gasteiger partial charge >= 0.3 is 0 Å². The molecule has 1 aromatic rings. The summed E-state index contributed by atoms with van der Waals surface area (Å²) >= 11 is 3.51. The molecule has 1 aliphatic heterocycles. The van der Waals surface area contributed by atoms with Crippen LogP contribution in [0.25, 0.3) is 0 Å². The second-order valence-corrected chi connectivity index (χ2v) is 4.62. The zero-order chi connectivity index (χ0) is 10.1. The van der Waals surface area contributed by atoms with Crippen molar-refractivity contribution >= 4 is 15.9 Å². The lowest BCUT2D eigenvalue weighted by Crippen LogP contribution is -2.09. The molecule has 0 aromatic heterocycles. The maximum absolute atomic E-state index is 6.08. The van der Waals surface area contributed by atoms with Crippen molar-refractivity contribution in [3.8, 4) is 5.75 Å². The fraction of sp³-hybridized carbons (Fsp3) is 0.455. The normalized spacial score (nSPS) is 20.9. The molecule has 2 nitrogen and oxygen atoms in total. The van der Waals surface area contributed by atoms with Crippen LogP contribution in [0.15, 0.2) is 16.6 Å². The van der Waals surface area contributed by atoms with Crippen molar-refractivity contribution in [3.63, 3.8) is 0 Å². The van der Waals surface area contributed by atoms with Crippen molar-refractivity contribution in [3.05, 3.63) is 27.7 Å². The van der Waals surface area contributed by atoms with Crippen LogP contribution in [-0.4, -0.2) is 6.61 Å². The van der Waals surface area contributed by atoms with Crippen LogP contribution in [0.5, 0.6) is 5.75 Å². The van der Waals surface area contributed by atoms with E-state index in [0.717, 1.165) is 35.2 Å². The maximum atomic E-state index is 6.08. The molecule has 0 unspecified atom stereocenters. The Morgan fingerprint density at radius 2 is 2.29 bits per heavy atom. The third kappa shape index (κ3) is 1.79. The highest BCUT2D eigenvalue weighted by Gasteiger charge is 2.18. The number of ether oxygens (including phenoxy) is 1. The van der Waals surface area contributed by atoms with Crippen LogP contribution in [0.1, 0.15) is 30.0 Å². The zero-order valence-corrected chi connectivity index (χ0v) is 9.80. The van der Waals surface area contributed by atoms with Gasteiger partial charge in [0.05, 0.1) is 11.1 Å². The fourth-order valence-electron chi connectivity index (χ4n) is 1.82. The van der Waals surface area contributed by atoms with E-state index in [0.29, 0.717) is 0 Å². The Kier molecular flexibility index (Phi) is 2.79. The standard InChI is InChI=1S/C11H14BrNO/c1-7-5-8-10(13)3-2-4-14-11(8)9(12)6-7/h5-6,10H,2-4,13H2,1H3/t10-/m1/s1. The monoisotopic (exact) mass is 255 g/mol. The molecular weight excluding hydrogens is 242 g/mol. The first kappa shape index (κ1) is 9.99. The van der Waals surface area contributed by atoms with Crippen LogP contribution in [0.2, 0.25) is 0 Å². The minimum atomic E-state index is 0.115. The van der Waals surface area contributed by atoms with E-state index in [2.05, 4.69) is 35.0 Å². The van der Waals surface area contributed by atoms with Crippen molar-refractivity contribution in [2.45, 2.75) is 25.8 Å². The topological polar surface area (TPSA) is 35.2 Å². The highest BCUT2D eigenvalue weighted by molar-refractivity contribution is 9.10. The van der Waals surface area contributed by atoms with Crippen molar-refractivity contribution in [1.82, 2.24) is 0 Å². The molecule has 1 aromatic carbocycles. The molecule has 0 amide bonds. The molecule has 0 aliphatic carbocycles. The summed E-state index contributed by atoms with van der Waals surface area (Å²) in [6.07, 6.45) is 2.03. The van der Waals surface area contributed by atoms with E-state index in [9.17, 15) is 0 Å². The van der Waals surface area contributed by atoms with Gasteiger partial charge in [0.25, 0.3) is 0 Å². The second-order valence-electron chi connectivity index (χ2n) is 3.76. The van der Waals surface area contributed by atoms with E-state index in [1.807, 2.05) is 0 Å². The Morgan fingerprint density at radius 3 is 3.07 bits per heavy atom. The maximum Gasteiger partial charge on any atom is 0.138 e. The third-order valence-electron chi connectivity index (χ3n) is 2.52. The van der Waals surface area contributed by atoms with Crippen LogP contribution in [0, 0.1) is 6.92 Å². The van der Waals surface area contributed by atoms with Gasteiger partial charge in [-0.25, -0.2) is 0 Å². The highest BCUT2D eigenvalue weighted by atomic mass is 79.9. The van der Waals surface area contributed by atoms with Crippen LogP contribution in [-0.2, 0) is 0 Å². The van der Waals surface area contributed by atoms with E-state index < -0.39 is 0 Å². The molecule has 1 aliphatic rings. The van der Waals surface area contributed by atoms with Crippen molar-refractivity contribution in [2.24, 2.45) is 5.73 Å². The molecule has 2 rings (SSSR count). The molecule has 0 bridgehead atoms. The summed E-state index contributed by atoms with van der Waals surface area (Å²) in [7, 11) is 0. The Morgan fingerprint density at radius 1 is 1.50 bits per heavy atom. The molecule has 14 heavy (non-hydrogen) atoms. The molecule has 76 valence electrons. The average molecular weight is 256 g/mol. The number of halogens is 1. The average Bonchev–Trinajstić information content (AvgIpc) is 2.29. The minimum absolute atomic E-state index is 0.115. The smallest absolute Gasteiger partial charge is 0.138 e. The first-order valence-corrected chi connectivity index (χ1v) is 5.66. The number of benzene rings is 1. The molecule has 2 N–H and O–H groups in total. The van der Waals surface area contributed by atoms with Crippen molar-refractivity contribution in [1.29, 1.82) is 0 Å². The van der Waals surface area contributed by atoms with Gasteiger partial charge in [-0.2, -0.15) is 0 Å². The van der Waals surface area contributed by atoms with Gasteiger partial charge in [-0.15, -0.1) is 0 Å². The summed E-state index contributed by atoms with van der Waals surface area (Å²) < 4.78 is 6.70. The highest BCUT2D eigenvalue weighted by Crippen LogP contribution is 2.37. The molecule has 0 radical (unpaired) electrons. The molecule has 0 spiro atoms. The predicted molar refractivity (Wildman–Crippen MR) is 60.5 cm³/mol. The summed E-state index contributed by atoms with van der Waals surface area (Å²) in [5.41, 5.74) is 8.44. The van der Waals surface area contributed by atoms with Crippen LogP contribution in [0.3, 0.4) is 0 Å². The van der Waals surface area contributed by atoms with Gasteiger partial charge in [-0.3, -0.25) is 0 Å². The Hall–Kier alpha value is -0.540. The lowest BCUT2D eigenvalue weighted by atomic mass is 10.0. The van der Waals surface area contributed by atoms with E-state index in [4.69, 9.17) is 10.5 Å². The van der Waals surface area contributed by atoms with Crippen molar-refractivity contribution < 1.29 is 4.74 Å². The number of hydrogen-bond donors (Lipinski definition) is 1. The molecule has 0 fully saturated rings. The number of nitrogens with two attached hydrogens (primary N) is 1. The molecule has 1 atom stereocenters. The van der Waals surface area contributed by atoms with Gasteiger partial charge < -0.3 is 10.5 Å². The summed E-state index contributed by atoms with van der Waals surface area (Å²) in [6.45, 7) is 2.84. The quantitative estimate of drug-likeness (QED) is 0.774. The Labute approximate surface area is 92.6 Å². The summed E-state index contributed by atoms with van der Waals surface area (Å²) in [6, 6.07) is 4.30. The lowest BCUT2D eigenvalue weighted by Gasteiger charge is -2.14. The summed E-state index contributed by atoms with van der Waals surface area (Å²) in [4.78, 5) is 0. The van der Waals surface area contributed by atoms with Crippen LogP contribution >= 0.6 is 15.9 Å². The number of rotatable bonds is 0. The van der Waals surface area contributed by atoms with E-state index in [-0.39, 0.29) is 6.04 Å². The van der Waals surface area contributed by atoms with Crippen molar-refractivity contribution in [2.75, 3.05) is 6.61 Å².